The maximum absolute atomic E-state index is 13.5. The Hall–Kier alpha value is -3.03. The van der Waals surface area contributed by atoms with Crippen molar-refractivity contribution in [2.75, 3.05) is 6.54 Å². The SMILES string of the molecule is O=C(OC1CC2CC1CN2C(=O)OCc1ccccc1)c1c(-c2c(Cl)cccc2Cl)noc1C1CC1. The number of hydrogen-bond donors (Lipinski definition) is 0. The number of nitrogens with zero attached hydrogens (tertiary/aromatic N) is 2. The monoisotopic (exact) mass is 526 g/mol. The summed E-state index contributed by atoms with van der Waals surface area (Å²) in [5.41, 5.74) is 2.02. The molecule has 3 aliphatic rings. The number of amides is 1. The fourth-order valence-electron chi connectivity index (χ4n) is 5.29. The number of rotatable bonds is 6. The molecule has 1 aromatic heterocycles. The molecule has 2 aromatic carbocycles. The highest BCUT2D eigenvalue weighted by molar-refractivity contribution is 6.39. The molecule has 3 unspecified atom stereocenters. The molecule has 2 bridgehead atoms. The second kappa shape index (κ2) is 9.45. The second-order valence-electron chi connectivity index (χ2n) is 9.66. The van der Waals surface area contributed by atoms with Gasteiger partial charge in [-0.1, -0.05) is 64.8 Å². The normalized spacial score (nSPS) is 22.6. The summed E-state index contributed by atoms with van der Waals surface area (Å²) in [6.45, 7) is 0.731. The van der Waals surface area contributed by atoms with Crippen LogP contribution in [-0.4, -0.2) is 40.8 Å². The van der Waals surface area contributed by atoms with E-state index < -0.39 is 5.97 Å². The molecule has 9 heteroatoms. The molecule has 2 saturated carbocycles. The lowest BCUT2D eigenvalue weighted by Crippen LogP contribution is -2.43. The van der Waals surface area contributed by atoms with Crippen LogP contribution in [0.5, 0.6) is 0 Å². The third kappa shape index (κ3) is 4.35. The molecule has 1 saturated heterocycles. The van der Waals surface area contributed by atoms with E-state index in [9.17, 15) is 9.59 Å². The summed E-state index contributed by atoms with van der Waals surface area (Å²) in [5.74, 6) is 0.241. The van der Waals surface area contributed by atoms with Crippen LogP contribution in [0.1, 0.15) is 53.3 Å². The van der Waals surface area contributed by atoms with Crippen LogP contribution >= 0.6 is 23.2 Å². The standard InChI is InChI=1S/C27H24Cl2N2O5/c28-19-7-4-8-20(29)22(19)24-23(25(36-30-24)16-9-10-16)26(32)35-21-12-18-11-17(21)13-31(18)27(33)34-14-15-5-2-1-3-6-15/h1-8,16-18,21H,9-14H2. The first-order chi connectivity index (χ1) is 17.5. The lowest BCUT2D eigenvalue weighted by atomic mass is 10.0. The molecule has 186 valence electrons. The summed E-state index contributed by atoms with van der Waals surface area (Å²) in [5, 5.41) is 4.95. The summed E-state index contributed by atoms with van der Waals surface area (Å²) >= 11 is 12.8. The van der Waals surface area contributed by atoms with Crippen LogP contribution < -0.4 is 0 Å². The molecule has 6 rings (SSSR count). The quantitative estimate of drug-likeness (QED) is 0.341. The van der Waals surface area contributed by atoms with Crippen LogP contribution in [0.2, 0.25) is 10.0 Å². The van der Waals surface area contributed by atoms with Gasteiger partial charge in [0.1, 0.15) is 24.0 Å². The number of esters is 1. The van der Waals surface area contributed by atoms with E-state index in [4.69, 9.17) is 37.2 Å². The number of carbonyl (C=O) groups is 2. The van der Waals surface area contributed by atoms with Gasteiger partial charge in [-0.15, -0.1) is 0 Å². The van der Waals surface area contributed by atoms with Crippen LogP contribution in [0.25, 0.3) is 11.3 Å². The number of fused-ring (bicyclic) bond motifs is 2. The molecule has 3 aromatic rings. The van der Waals surface area contributed by atoms with E-state index in [2.05, 4.69) is 5.16 Å². The van der Waals surface area contributed by atoms with Gasteiger partial charge in [0.2, 0.25) is 0 Å². The van der Waals surface area contributed by atoms with Crippen molar-refractivity contribution >= 4 is 35.3 Å². The van der Waals surface area contributed by atoms with E-state index >= 15 is 0 Å². The molecule has 2 aliphatic carbocycles. The lowest BCUT2D eigenvalue weighted by Gasteiger charge is -2.30. The van der Waals surface area contributed by atoms with Gasteiger partial charge in [-0.25, -0.2) is 9.59 Å². The minimum absolute atomic E-state index is 0.0149. The number of piperidine rings is 1. The van der Waals surface area contributed by atoms with E-state index in [0.29, 0.717) is 45.6 Å². The molecule has 0 radical (unpaired) electrons. The van der Waals surface area contributed by atoms with Gasteiger partial charge in [0.25, 0.3) is 0 Å². The van der Waals surface area contributed by atoms with Gasteiger partial charge < -0.3 is 18.9 Å². The molecule has 1 aliphatic heterocycles. The van der Waals surface area contributed by atoms with Crippen molar-refractivity contribution in [3.8, 4) is 11.3 Å². The van der Waals surface area contributed by atoms with Crippen LogP contribution in [0, 0.1) is 5.92 Å². The van der Waals surface area contributed by atoms with E-state index in [1.54, 1.807) is 23.1 Å². The van der Waals surface area contributed by atoms with Gasteiger partial charge in [0, 0.05) is 36.4 Å². The smallest absolute Gasteiger partial charge is 0.410 e. The topological polar surface area (TPSA) is 81.9 Å². The largest absolute Gasteiger partial charge is 0.458 e. The van der Waals surface area contributed by atoms with Crippen molar-refractivity contribution in [2.24, 2.45) is 5.92 Å². The molecule has 1 amide bonds. The average molecular weight is 527 g/mol. The van der Waals surface area contributed by atoms with Crippen molar-refractivity contribution in [2.45, 2.75) is 50.4 Å². The van der Waals surface area contributed by atoms with Crippen molar-refractivity contribution in [1.29, 1.82) is 0 Å². The van der Waals surface area contributed by atoms with Crippen LogP contribution in [0.15, 0.2) is 53.1 Å². The Kier molecular flexibility index (Phi) is 6.13. The third-order valence-electron chi connectivity index (χ3n) is 7.25. The van der Waals surface area contributed by atoms with Crippen LogP contribution in [0.3, 0.4) is 0 Å². The highest BCUT2D eigenvalue weighted by Crippen LogP contribution is 2.47. The van der Waals surface area contributed by atoms with Crippen molar-refractivity contribution in [3.63, 3.8) is 0 Å². The van der Waals surface area contributed by atoms with E-state index in [1.165, 1.54) is 0 Å². The zero-order chi connectivity index (χ0) is 24.8. The molecule has 36 heavy (non-hydrogen) atoms. The van der Waals surface area contributed by atoms with Gasteiger partial charge in [-0.3, -0.25) is 0 Å². The van der Waals surface area contributed by atoms with Crippen LogP contribution in [0.4, 0.5) is 4.79 Å². The predicted molar refractivity (Wildman–Crippen MR) is 133 cm³/mol. The predicted octanol–water partition coefficient (Wildman–Crippen LogP) is 6.48. The first kappa shape index (κ1) is 23.4. The Balaban J connectivity index is 1.15. The van der Waals surface area contributed by atoms with Crippen molar-refractivity contribution < 1.29 is 23.6 Å². The van der Waals surface area contributed by atoms with E-state index in [0.717, 1.165) is 24.8 Å². The fraction of sp³-hybridized carbons (Fsp3) is 0.370. The summed E-state index contributed by atoms with van der Waals surface area (Å²) in [6, 6.07) is 14.7. The molecule has 3 atom stereocenters. The number of hydrogen-bond acceptors (Lipinski definition) is 6. The van der Waals surface area contributed by atoms with Gasteiger partial charge in [-0.2, -0.15) is 0 Å². The van der Waals surface area contributed by atoms with Crippen molar-refractivity contribution in [1.82, 2.24) is 10.1 Å². The van der Waals surface area contributed by atoms with Crippen molar-refractivity contribution in [3.05, 3.63) is 75.5 Å². The van der Waals surface area contributed by atoms with Gasteiger partial charge in [0.15, 0.2) is 5.76 Å². The second-order valence-corrected chi connectivity index (χ2v) is 10.5. The molecule has 3 fully saturated rings. The molecular formula is C27H24Cl2N2O5. The number of halogens is 2. The summed E-state index contributed by atoms with van der Waals surface area (Å²) in [7, 11) is 0. The lowest BCUT2D eigenvalue weighted by molar-refractivity contribution is 0.00584. The zero-order valence-corrected chi connectivity index (χ0v) is 20.9. The number of likely N-dealkylation sites (tertiary alicyclic amines) is 1. The molecule has 2 heterocycles. The Morgan fingerprint density at radius 3 is 2.44 bits per heavy atom. The van der Waals surface area contributed by atoms with Gasteiger partial charge >= 0.3 is 12.1 Å². The van der Waals surface area contributed by atoms with Crippen LogP contribution in [-0.2, 0) is 16.1 Å². The Bertz CT molecular complexity index is 1290. The average Bonchev–Trinajstić information content (AvgIpc) is 3.31. The highest BCUT2D eigenvalue weighted by atomic mass is 35.5. The Morgan fingerprint density at radius 1 is 1.03 bits per heavy atom. The minimum Gasteiger partial charge on any atom is -0.458 e. The van der Waals surface area contributed by atoms with Gasteiger partial charge in [-0.05, 0) is 37.0 Å². The zero-order valence-electron chi connectivity index (χ0n) is 19.4. The maximum atomic E-state index is 13.5. The number of benzene rings is 2. The van der Waals surface area contributed by atoms with E-state index in [1.807, 2.05) is 30.3 Å². The Morgan fingerprint density at radius 2 is 1.78 bits per heavy atom. The van der Waals surface area contributed by atoms with E-state index in [-0.39, 0.29) is 36.7 Å². The van der Waals surface area contributed by atoms with Gasteiger partial charge in [0.05, 0.1) is 10.0 Å². The molecule has 0 spiro atoms. The first-order valence-electron chi connectivity index (χ1n) is 12.1. The first-order valence-corrected chi connectivity index (χ1v) is 12.9. The summed E-state index contributed by atoms with van der Waals surface area (Å²) < 4.78 is 17.1. The molecule has 7 nitrogen and oxygen atoms in total. The molecular weight excluding hydrogens is 503 g/mol. The number of aromatic nitrogens is 1. The number of ether oxygens (including phenoxy) is 2. The minimum atomic E-state index is -0.486. The Labute approximate surface area is 218 Å². The third-order valence-corrected chi connectivity index (χ3v) is 7.88. The number of carbonyl (C=O) groups excluding carboxylic acids is 2. The highest BCUT2D eigenvalue weighted by Gasteiger charge is 2.49. The fourth-order valence-corrected chi connectivity index (χ4v) is 5.87. The summed E-state index contributed by atoms with van der Waals surface area (Å²) in [6.07, 6.45) is 2.58. The molecule has 0 N–H and O–H groups in total. The maximum Gasteiger partial charge on any atom is 0.410 e. The summed E-state index contributed by atoms with van der Waals surface area (Å²) in [4.78, 5) is 27.9.